The van der Waals surface area contributed by atoms with Gasteiger partial charge < -0.3 is 19.7 Å². The number of nitrogens with zero attached hydrogens (tertiary/aromatic N) is 5. The van der Waals surface area contributed by atoms with Crippen molar-refractivity contribution in [1.82, 2.24) is 30.3 Å². The second-order valence-corrected chi connectivity index (χ2v) is 5.59. The first-order valence-electron chi connectivity index (χ1n) is 8.72. The van der Waals surface area contributed by atoms with E-state index >= 15 is 0 Å². The first kappa shape index (κ1) is 20.9. The summed E-state index contributed by atoms with van der Waals surface area (Å²) in [6.45, 7) is 5.10. The molecule has 9 heteroatoms. The molecule has 0 aliphatic heterocycles. The Balaban J connectivity index is 0.00000261. The summed E-state index contributed by atoms with van der Waals surface area (Å²) in [5, 5.41) is 10.5. The molecule has 144 valence electrons. The SMILES string of the molecule is CCNC(=NCCc1noc(-c2ccccn2)n1)NCCn1cccc1.I. The number of halogens is 1. The molecule has 0 saturated carbocycles. The lowest BCUT2D eigenvalue weighted by atomic mass is 10.3. The van der Waals surface area contributed by atoms with Gasteiger partial charge in [-0.25, -0.2) is 0 Å². The summed E-state index contributed by atoms with van der Waals surface area (Å²) in [7, 11) is 0. The van der Waals surface area contributed by atoms with E-state index in [2.05, 4.69) is 35.3 Å². The van der Waals surface area contributed by atoms with Gasteiger partial charge in [0.05, 0.1) is 0 Å². The molecule has 3 rings (SSSR count). The van der Waals surface area contributed by atoms with Gasteiger partial charge in [-0.05, 0) is 31.2 Å². The Morgan fingerprint density at radius 2 is 2.04 bits per heavy atom. The van der Waals surface area contributed by atoms with Crippen LogP contribution in [0.4, 0.5) is 0 Å². The minimum Gasteiger partial charge on any atom is -0.357 e. The number of hydrogen-bond donors (Lipinski definition) is 2. The number of aromatic nitrogens is 4. The molecular weight excluding hydrogens is 457 g/mol. The molecule has 0 bridgehead atoms. The van der Waals surface area contributed by atoms with Gasteiger partial charge in [0.25, 0.3) is 5.89 Å². The fraction of sp³-hybridized carbons (Fsp3) is 0.333. The monoisotopic (exact) mass is 481 g/mol. The number of nitrogens with one attached hydrogen (secondary N) is 2. The van der Waals surface area contributed by atoms with Crippen LogP contribution in [0.5, 0.6) is 0 Å². The van der Waals surface area contributed by atoms with Crippen LogP contribution in [0.15, 0.2) is 58.4 Å². The Morgan fingerprint density at radius 3 is 2.78 bits per heavy atom. The highest BCUT2D eigenvalue weighted by Crippen LogP contribution is 2.13. The summed E-state index contributed by atoms with van der Waals surface area (Å²) < 4.78 is 7.38. The van der Waals surface area contributed by atoms with Gasteiger partial charge in [0.2, 0.25) is 0 Å². The van der Waals surface area contributed by atoms with Gasteiger partial charge in [-0.1, -0.05) is 11.2 Å². The maximum absolute atomic E-state index is 5.26. The van der Waals surface area contributed by atoms with Crippen LogP contribution in [0.3, 0.4) is 0 Å². The Morgan fingerprint density at radius 1 is 1.19 bits per heavy atom. The third kappa shape index (κ3) is 6.66. The predicted molar refractivity (Wildman–Crippen MR) is 115 cm³/mol. The third-order valence-corrected chi connectivity index (χ3v) is 3.63. The predicted octanol–water partition coefficient (Wildman–Crippen LogP) is 2.35. The van der Waals surface area contributed by atoms with Crippen molar-refractivity contribution < 1.29 is 4.52 Å². The van der Waals surface area contributed by atoms with Crippen LogP contribution in [0.1, 0.15) is 12.7 Å². The van der Waals surface area contributed by atoms with Crippen LogP contribution in [-0.4, -0.2) is 45.3 Å². The van der Waals surface area contributed by atoms with Crippen LogP contribution in [0.2, 0.25) is 0 Å². The molecule has 2 N–H and O–H groups in total. The molecule has 0 amide bonds. The number of guanidine groups is 1. The van der Waals surface area contributed by atoms with Crippen LogP contribution in [0, 0.1) is 0 Å². The van der Waals surface area contributed by atoms with Gasteiger partial charge in [-0.15, -0.1) is 24.0 Å². The van der Waals surface area contributed by atoms with Gasteiger partial charge in [0.15, 0.2) is 11.8 Å². The molecule has 0 atom stereocenters. The van der Waals surface area contributed by atoms with Gasteiger partial charge in [-0.3, -0.25) is 9.98 Å². The molecule has 8 nitrogen and oxygen atoms in total. The molecule has 0 unspecified atom stereocenters. The molecular formula is C18H24IN7O. The van der Waals surface area contributed by atoms with E-state index in [1.807, 2.05) is 49.6 Å². The number of hydrogen-bond acceptors (Lipinski definition) is 5. The summed E-state index contributed by atoms with van der Waals surface area (Å²) in [4.78, 5) is 13.1. The highest BCUT2D eigenvalue weighted by atomic mass is 127. The average molecular weight is 481 g/mol. The van der Waals surface area contributed by atoms with Crippen molar-refractivity contribution in [3.63, 3.8) is 0 Å². The summed E-state index contributed by atoms with van der Waals surface area (Å²) >= 11 is 0. The summed E-state index contributed by atoms with van der Waals surface area (Å²) in [5.74, 6) is 1.84. The molecule has 3 aromatic heterocycles. The molecule has 27 heavy (non-hydrogen) atoms. The normalized spacial score (nSPS) is 11.1. The lowest BCUT2D eigenvalue weighted by Crippen LogP contribution is -2.39. The highest BCUT2D eigenvalue weighted by molar-refractivity contribution is 14.0. The second-order valence-electron chi connectivity index (χ2n) is 5.59. The lowest BCUT2D eigenvalue weighted by Gasteiger charge is -2.11. The summed E-state index contributed by atoms with van der Waals surface area (Å²) in [5.41, 5.74) is 0.676. The fourth-order valence-electron chi connectivity index (χ4n) is 2.38. The molecule has 0 fully saturated rings. The zero-order chi connectivity index (χ0) is 18.0. The Kier molecular flexibility index (Phi) is 8.75. The van der Waals surface area contributed by atoms with E-state index in [4.69, 9.17) is 4.52 Å². The molecule has 0 aliphatic rings. The molecule has 0 saturated heterocycles. The van der Waals surface area contributed by atoms with E-state index in [-0.39, 0.29) is 24.0 Å². The smallest absolute Gasteiger partial charge is 0.276 e. The van der Waals surface area contributed by atoms with Crippen LogP contribution in [-0.2, 0) is 13.0 Å². The van der Waals surface area contributed by atoms with Crippen molar-refractivity contribution in [2.24, 2.45) is 4.99 Å². The van der Waals surface area contributed by atoms with Crippen molar-refractivity contribution in [2.45, 2.75) is 19.9 Å². The second kappa shape index (κ2) is 11.3. The first-order valence-corrected chi connectivity index (χ1v) is 8.72. The Hall–Kier alpha value is -2.43. The maximum atomic E-state index is 5.26. The maximum Gasteiger partial charge on any atom is 0.276 e. The minimum atomic E-state index is 0. The third-order valence-electron chi connectivity index (χ3n) is 3.63. The zero-order valence-electron chi connectivity index (χ0n) is 15.2. The van der Waals surface area contributed by atoms with E-state index < -0.39 is 0 Å². The van der Waals surface area contributed by atoms with Crippen LogP contribution >= 0.6 is 24.0 Å². The highest BCUT2D eigenvalue weighted by Gasteiger charge is 2.09. The van der Waals surface area contributed by atoms with Crippen molar-refractivity contribution in [3.8, 4) is 11.6 Å². The largest absolute Gasteiger partial charge is 0.357 e. The minimum absolute atomic E-state index is 0. The fourth-order valence-corrected chi connectivity index (χ4v) is 2.38. The van der Waals surface area contributed by atoms with Gasteiger partial charge in [0.1, 0.15) is 5.69 Å². The number of aliphatic imine (C=N–C) groups is 1. The standard InChI is InChI=1S/C18H23N7O.HI/c1-2-19-18(22-11-14-25-12-5-6-13-25)21-10-8-16-23-17(26-24-16)15-7-3-4-9-20-15;/h3-7,9,12-13H,2,8,10-11,14H2,1H3,(H2,19,21,22);1H. The average Bonchev–Trinajstić information content (AvgIpc) is 3.34. The molecule has 0 radical (unpaired) electrons. The zero-order valence-corrected chi connectivity index (χ0v) is 17.5. The van der Waals surface area contributed by atoms with E-state index in [0.717, 1.165) is 25.6 Å². The molecule has 3 aromatic rings. The van der Waals surface area contributed by atoms with Gasteiger partial charge >= 0.3 is 0 Å². The Bertz CT molecular complexity index is 802. The lowest BCUT2D eigenvalue weighted by molar-refractivity contribution is 0.421. The summed E-state index contributed by atoms with van der Waals surface area (Å²) in [6, 6.07) is 9.61. The van der Waals surface area contributed by atoms with Crippen LogP contribution in [0.25, 0.3) is 11.6 Å². The number of pyridine rings is 1. The molecule has 0 aliphatic carbocycles. The quantitative estimate of drug-likeness (QED) is 0.292. The summed E-state index contributed by atoms with van der Waals surface area (Å²) in [6.07, 6.45) is 6.39. The van der Waals surface area contributed by atoms with Crippen molar-refractivity contribution >= 4 is 29.9 Å². The van der Waals surface area contributed by atoms with E-state index in [1.54, 1.807) is 6.20 Å². The van der Waals surface area contributed by atoms with Gasteiger partial charge in [-0.2, -0.15) is 4.98 Å². The van der Waals surface area contributed by atoms with Crippen molar-refractivity contribution in [1.29, 1.82) is 0 Å². The van der Waals surface area contributed by atoms with E-state index in [0.29, 0.717) is 30.4 Å². The van der Waals surface area contributed by atoms with E-state index in [1.165, 1.54) is 0 Å². The Labute approximate surface area is 175 Å². The first-order chi connectivity index (χ1) is 12.8. The van der Waals surface area contributed by atoms with Crippen molar-refractivity contribution in [3.05, 3.63) is 54.7 Å². The topological polar surface area (TPSA) is 93.2 Å². The molecule has 0 spiro atoms. The van der Waals surface area contributed by atoms with E-state index in [9.17, 15) is 0 Å². The molecule has 0 aromatic carbocycles. The molecule has 3 heterocycles. The number of rotatable bonds is 8. The van der Waals surface area contributed by atoms with Crippen LogP contribution < -0.4 is 10.6 Å². The van der Waals surface area contributed by atoms with Crippen molar-refractivity contribution in [2.75, 3.05) is 19.6 Å². The van der Waals surface area contributed by atoms with Gasteiger partial charge in [0, 0.05) is 51.2 Å².